The SMILES string of the molecule is C=c1c(C)c[nH]/c1=C/C=C(\C)N.CC. The summed E-state index contributed by atoms with van der Waals surface area (Å²) in [6.45, 7) is 11.8. The van der Waals surface area contributed by atoms with Crippen molar-refractivity contribution in [3.05, 3.63) is 34.1 Å². The molecule has 2 heteroatoms. The molecule has 0 aliphatic carbocycles. The Balaban J connectivity index is 0.000000791. The summed E-state index contributed by atoms with van der Waals surface area (Å²) in [7, 11) is 0. The van der Waals surface area contributed by atoms with Gasteiger partial charge in [0.2, 0.25) is 0 Å². The minimum Gasteiger partial charge on any atom is -0.402 e. The van der Waals surface area contributed by atoms with Gasteiger partial charge in [0, 0.05) is 17.2 Å². The summed E-state index contributed by atoms with van der Waals surface area (Å²) in [4.78, 5) is 3.11. The lowest BCUT2D eigenvalue weighted by Gasteiger charge is -1.82. The maximum Gasteiger partial charge on any atom is 0.0451 e. The standard InChI is InChI=1S/C10H14N2.C2H6/c1-7-6-12-10(9(7)3)5-4-8(2)11;1-2/h4-6,12H,3,11H2,1-2H3;1-2H3/b8-4+,10-5+;. The van der Waals surface area contributed by atoms with Crippen LogP contribution in [0.3, 0.4) is 0 Å². The largest absolute Gasteiger partial charge is 0.402 e. The van der Waals surface area contributed by atoms with Gasteiger partial charge in [-0.15, -0.1) is 0 Å². The van der Waals surface area contributed by atoms with Gasteiger partial charge in [-0.25, -0.2) is 0 Å². The van der Waals surface area contributed by atoms with Gasteiger partial charge in [-0.3, -0.25) is 0 Å². The van der Waals surface area contributed by atoms with Crippen LogP contribution in [0.25, 0.3) is 12.7 Å². The zero-order valence-electron chi connectivity index (χ0n) is 9.52. The maximum absolute atomic E-state index is 5.49. The summed E-state index contributed by atoms with van der Waals surface area (Å²) >= 11 is 0. The predicted octanol–water partition coefficient (Wildman–Crippen LogP) is 1.40. The molecule has 0 radical (unpaired) electrons. The number of nitrogens with one attached hydrogen (secondary N) is 1. The molecule has 14 heavy (non-hydrogen) atoms. The second kappa shape index (κ2) is 6.08. The summed E-state index contributed by atoms with van der Waals surface area (Å²) in [5.41, 5.74) is 7.46. The van der Waals surface area contributed by atoms with Crippen LogP contribution < -0.4 is 16.3 Å². The van der Waals surface area contributed by atoms with Crippen molar-refractivity contribution in [2.24, 2.45) is 5.73 Å². The predicted molar refractivity (Wildman–Crippen MR) is 64.1 cm³/mol. The lowest BCUT2D eigenvalue weighted by molar-refractivity contribution is 1.30. The molecule has 0 aliphatic rings. The third kappa shape index (κ3) is 3.52. The second-order valence-corrected chi connectivity index (χ2v) is 2.94. The van der Waals surface area contributed by atoms with E-state index in [2.05, 4.69) is 11.6 Å². The molecule has 0 spiro atoms. The van der Waals surface area contributed by atoms with E-state index in [0.717, 1.165) is 16.3 Å². The van der Waals surface area contributed by atoms with Crippen molar-refractivity contribution in [2.45, 2.75) is 27.7 Å². The van der Waals surface area contributed by atoms with Crippen molar-refractivity contribution in [2.75, 3.05) is 0 Å². The third-order valence-electron chi connectivity index (χ3n) is 1.76. The van der Waals surface area contributed by atoms with Gasteiger partial charge in [0.25, 0.3) is 0 Å². The highest BCUT2D eigenvalue weighted by Crippen LogP contribution is 1.81. The normalized spacial score (nSPS) is 12.3. The second-order valence-electron chi connectivity index (χ2n) is 2.94. The molecular formula is C12H20N2. The first-order valence-electron chi connectivity index (χ1n) is 4.88. The molecule has 0 unspecified atom stereocenters. The van der Waals surface area contributed by atoms with E-state index in [0.29, 0.717) is 0 Å². The van der Waals surface area contributed by atoms with E-state index in [1.807, 2.05) is 46.0 Å². The molecule has 0 amide bonds. The number of aryl methyl sites for hydroxylation is 1. The number of nitrogens with two attached hydrogens (primary N) is 1. The molecule has 0 bridgehead atoms. The number of rotatable bonds is 1. The van der Waals surface area contributed by atoms with Gasteiger partial charge in [-0.1, -0.05) is 20.4 Å². The van der Waals surface area contributed by atoms with Crippen molar-refractivity contribution >= 4 is 12.7 Å². The number of hydrogen-bond donors (Lipinski definition) is 2. The Morgan fingerprint density at radius 2 is 2.07 bits per heavy atom. The van der Waals surface area contributed by atoms with Gasteiger partial charge >= 0.3 is 0 Å². The van der Waals surface area contributed by atoms with E-state index in [9.17, 15) is 0 Å². The van der Waals surface area contributed by atoms with Gasteiger partial charge < -0.3 is 10.7 Å². The number of H-pyrrole nitrogens is 1. The van der Waals surface area contributed by atoms with E-state index in [1.54, 1.807) is 0 Å². The van der Waals surface area contributed by atoms with Gasteiger partial charge in [0.05, 0.1) is 0 Å². The minimum absolute atomic E-state index is 0.793. The van der Waals surface area contributed by atoms with Crippen LogP contribution in [0.15, 0.2) is 18.0 Å². The Labute approximate surface area is 85.8 Å². The van der Waals surface area contributed by atoms with Gasteiger partial charge in [0.15, 0.2) is 0 Å². The van der Waals surface area contributed by atoms with E-state index in [-0.39, 0.29) is 0 Å². The Kier molecular flexibility index (Phi) is 5.46. The number of aromatic amines is 1. The molecule has 0 atom stereocenters. The summed E-state index contributed by atoms with van der Waals surface area (Å²) < 4.78 is 0. The van der Waals surface area contributed by atoms with Crippen molar-refractivity contribution in [3.8, 4) is 0 Å². The van der Waals surface area contributed by atoms with Crippen molar-refractivity contribution in [3.63, 3.8) is 0 Å². The molecule has 0 aliphatic heterocycles. The topological polar surface area (TPSA) is 41.8 Å². The molecular weight excluding hydrogens is 172 g/mol. The molecule has 0 saturated heterocycles. The van der Waals surface area contributed by atoms with Crippen LogP contribution in [0, 0.1) is 6.92 Å². The first-order chi connectivity index (χ1) is 6.61. The fraction of sp³-hybridized carbons (Fsp3) is 0.333. The summed E-state index contributed by atoms with van der Waals surface area (Å²) in [5, 5.41) is 2.06. The molecule has 1 heterocycles. The molecule has 3 N–H and O–H groups in total. The first-order valence-corrected chi connectivity index (χ1v) is 4.88. The molecule has 2 nitrogen and oxygen atoms in total. The fourth-order valence-corrected chi connectivity index (χ4v) is 0.936. The molecule has 1 rings (SSSR count). The van der Waals surface area contributed by atoms with Crippen LogP contribution in [0.2, 0.25) is 0 Å². The molecule has 0 fully saturated rings. The van der Waals surface area contributed by atoms with Crippen LogP contribution in [0.4, 0.5) is 0 Å². The Bertz CT molecular complexity index is 392. The van der Waals surface area contributed by atoms with Crippen LogP contribution >= 0.6 is 0 Å². The van der Waals surface area contributed by atoms with Gasteiger partial charge in [-0.2, -0.15) is 0 Å². The smallest absolute Gasteiger partial charge is 0.0451 e. The molecule has 1 aromatic rings. The van der Waals surface area contributed by atoms with Crippen LogP contribution in [0.1, 0.15) is 26.3 Å². The average molecular weight is 192 g/mol. The molecule has 1 aromatic heterocycles. The van der Waals surface area contributed by atoms with Crippen LogP contribution in [0.5, 0.6) is 0 Å². The zero-order chi connectivity index (χ0) is 11.1. The van der Waals surface area contributed by atoms with E-state index >= 15 is 0 Å². The Hall–Kier alpha value is -1.44. The van der Waals surface area contributed by atoms with E-state index < -0.39 is 0 Å². The highest BCUT2D eigenvalue weighted by atomic mass is 14.7. The molecule has 78 valence electrons. The Morgan fingerprint density at radius 3 is 2.43 bits per heavy atom. The molecule has 0 aromatic carbocycles. The summed E-state index contributed by atoms with van der Waals surface area (Å²) in [6.07, 6.45) is 5.73. The lowest BCUT2D eigenvalue weighted by Crippen LogP contribution is -2.21. The average Bonchev–Trinajstić information content (AvgIpc) is 2.48. The van der Waals surface area contributed by atoms with Gasteiger partial charge in [0.1, 0.15) is 0 Å². The van der Waals surface area contributed by atoms with Crippen LogP contribution in [-0.2, 0) is 0 Å². The quantitative estimate of drug-likeness (QED) is 0.694. The highest BCUT2D eigenvalue weighted by Gasteiger charge is 1.87. The third-order valence-corrected chi connectivity index (χ3v) is 1.76. The monoisotopic (exact) mass is 192 g/mol. The summed E-state index contributed by atoms with van der Waals surface area (Å²) in [5.74, 6) is 0. The van der Waals surface area contributed by atoms with Gasteiger partial charge in [-0.05, 0) is 36.8 Å². The number of allylic oxidation sites excluding steroid dienone is 2. The number of hydrogen-bond acceptors (Lipinski definition) is 1. The van der Waals surface area contributed by atoms with Crippen molar-refractivity contribution in [1.82, 2.24) is 4.98 Å². The molecule has 0 saturated carbocycles. The highest BCUT2D eigenvalue weighted by molar-refractivity contribution is 5.38. The minimum atomic E-state index is 0.793. The maximum atomic E-state index is 5.49. The van der Waals surface area contributed by atoms with Crippen molar-refractivity contribution < 1.29 is 0 Å². The van der Waals surface area contributed by atoms with Crippen LogP contribution in [-0.4, -0.2) is 4.98 Å². The first kappa shape index (κ1) is 12.6. The number of aromatic nitrogens is 1. The Morgan fingerprint density at radius 1 is 1.50 bits per heavy atom. The fourth-order valence-electron chi connectivity index (χ4n) is 0.936. The zero-order valence-corrected chi connectivity index (χ0v) is 9.52. The summed E-state index contributed by atoms with van der Waals surface area (Å²) in [6, 6.07) is 0. The van der Waals surface area contributed by atoms with Crippen molar-refractivity contribution in [1.29, 1.82) is 0 Å². The van der Waals surface area contributed by atoms with E-state index in [1.165, 1.54) is 5.56 Å². The van der Waals surface area contributed by atoms with E-state index in [4.69, 9.17) is 5.73 Å². The lowest BCUT2D eigenvalue weighted by atomic mass is 10.3.